The molecule has 0 aromatic rings. The molecule has 2 nitrogen and oxygen atoms in total. The summed E-state index contributed by atoms with van der Waals surface area (Å²) in [5.74, 6) is 3.73. The highest BCUT2D eigenvalue weighted by Gasteiger charge is 2.53. The monoisotopic (exact) mass is 291 g/mol. The molecule has 2 heteroatoms. The van der Waals surface area contributed by atoms with E-state index in [9.17, 15) is 0 Å². The second-order valence-corrected chi connectivity index (χ2v) is 9.02. The van der Waals surface area contributed by atoms with Gasteiger partial charge in [0.15, 0.2) is 0 Å². The Hall–Kier alpha value is -0.0800. The van der Waals surface area contributed by atoms with E-state index in [1.807, 2.05) is 0 Å². The maximum Gasteiger partial charge on any atom is 0.0626 e. The quantitative estimate of drug-likeness (QED) is 0.845. The maximum atomic E-state index is 6.71. The Morgan fingerprint density at radius 1 is 1.00 bits per heavy atom. The Kier molecular flexibility index (Phi) is 3.82. The van der Waals surface area contributed by atoms with Crippen LogP contribution in [0.15, 0.2) is 0 Å². The molecule has 5 aliphatic carbocycles. The zero-order valence-electron chi connectivity index (χ0n) is 13.7. The molecule has 0 radical (unpaired) electrons. The molecule has 120 valence electrons. The summed E-state index contributed by atoms with van der Waals surface area (Å²) in [5.41, 5.74) is 7.16. The first-order chi connectivity index (χ1) is 10.1. The minimum absolute atomic E-state index is 0.292. The van der Waals surface area contributed by atoms with Crippen molar-refractivity contribution in [3.05, 3.63) is 0 Å². The van der Waals surface area contributed by atoms with E-state index < -0.39 is 0 Å². The van der Waals surface area contributed by atoms with E-state index in [-0.39, 0.29) is 0 Å². The van der Waals surface area contributed by atoms with Crippen molar-refractivity contribution in [3.63, 3.8) is 0 Å². The minimum atomic E-state index is 0.292. The summed E-state index contributed by atoms with van der Waals surface area (Å²) in [6.45, 7) is 3.18. The van der Waals surface area contributed by atoms with Crippen molar-refractivity contribution < 1.29 is 4.74 Å². The largest absolute Gasteiger partial charge is 0.376 e. The lowest BCUT2D eigenvalue weighted by Crippen LogP contribution is -2.56. The maximum absolute atomic E-state index is 6.71. The van der Waals surface area contributed by atoms with Gasteiger partial charge in [-0.1, -0.05) is 19.8 Å². The highest BCUT2D eigenvalue weighted by molar-refractivity contribution is 5.05. The fourth-order valence-corrected chi connectivity index (χ4v) is 6.57. The second-order valence-electron chi connectivity index (χ2n) is 9.02. The van der Waals surface area contributed by atoms with Gasteiger partial charge in [0.05, 0.1) is 12.7 Å². The van der Waals surface area contributed by atoms with Crippen LogP contribution in [0.4, 0.5) is 0 Å². The van der Waals surface area contributed by atoms with E-state index in [2.05, 4.69) is 6.92 Å². The normalized spacial score (nSPS) is 50.3. The SMILES string of the molecule is CC1CCCCC1OCC(N)C12CC3CC(CC(C3)C1)C2. The number of hydrogen-bond donors (Lipinski definition) is 1. The number of nitrogens with two attached hydrogens (primary N) is 1. The van der Waals surface area contributed by atoms with Crippen molar-refractivity contribution in [2.45, 2.75) is 83.3 Å². The van der Waals surface area contributed by atoms with Crippen LogP contribution in [0.5, 0.6) is 0 Å². The molecule has 5 saturated carbocycles. The van der Waals surface area contributed by atoms with Crippen molar-refractivity contribution >= 4 is 0 Å². The molecular weight excluding hydrogens is 258 g/mol. The topological polar surface area (TPSA) is 35.2 Å². The Bertz CT molecular complexity index is 344. The van der Waals surface area contributed by atoms with Gasteiger partial charge in [-0.2, -0.15) is 0 Å². The van der Waals surface area contributed by atoms with Gasteiger partial charge in [0.2, 0.25) is 0 Å². The Morgan fingerprint density at radius 2 is 1.57 bits per heavy atom. The molecule has 0 heterocycles. The molecule has 0 aliphatic heterocycles. The average Bonchev–Trinajstić information content (AvgIpc) is 2.44. The van der Waals surface area contributed by atoms with Gasteiger partial charge in [0.25, 0.3) is 0 Å². The van der Waals surface area contributed by atoms with E-state index in [1.165, 1.54) is 64.2 Å². The molecule has 0 aromatic carbocycles. The van der Waals surface area contributed by atoms with Crippen LogP contribution in [0.3, 0.4) is 0 Å². The van der Waals surface area contributed by atoms with E-state index in [0.717, 1.165) is 30.3 Å². The lowest BCUT2D eigenvalue weighted by atomic mass is 9.48. The molecule has 5 rings (SSSR count). The number of ether oxygens (including phenoxy) is 1. The third-order valence-corrected chi connectivity index (χ3v) is 7.39. The van der Waals surface area contributed by atoms with Crippen LogP contribution in [0.25, 0.3) is 0 Å². The van der Waals surface area contributed by atoms with Crippen LogP contribution < -0.4 is 5.73 Å². The lowest BCUT2D eigenvalue weighted by Gasteiger charge is -2.59. The first-order valence-electron chi connectivity index (χ1n) is 9.52. The Balaban J connectivity index is 1.37. The molecule has 3 unspecified atom stereocenters. The van der Waals surface area contributed by atoms with E-state index in [1.54, 1.807) is 0 Å². The van der Waals surface area contributed by atoms with Crippen LogP contribution >= 0.6 is 0 Å². The van der Waals surface area contributed by atoms with Crippen molar-refractivity contribution in [2.24, 2.45) is 34.8 Å². The summed E-state index contributed by atoms with van der Waals surface area (Å²) < 4.78 is 6.32. The van der Waals surface area contributed by atoms with Crippen molar-refractivity contribution in [3.8, 4) is 0 Å². The van der Waals surface area contributed by atoms with Crippen LogP contribution in [-0.2, 0) is 4.74 Å². The van der Waals surface area contributed by atoms with Gasteiger partial charge >= 0.3 is 0 Å². The number of rotatable bonds is 4. The molecule has 0 amide bonds. The lowest BCUT2D eigenvalue weighted by molar-refractivity contribution is -0.0949. The first kappa shape index (κ1) is 14.5. The minimum Gasteiger partial charge on any atom is -0.376 e. The van der Waals surface area contributed by atoms with E-state index in [4.69, 9.17) is 10.5 Å². The van der Waals surface area contributed by atoms with Gasteiger partial charge in [0, 0.05) is 6.04 Å². The summed E-state index contributed by atoms with van der Waals surface area (Å²) in [6, 6.07) is 0.292. The van der Waals surface area contributed by atoms with Crippen LogP contribution in [0.2, 0.25) is 0 Å². The van der Waals surface area contributed by atoms with Gasteiger partial charge < -0.3 is 10.5 Å². The van der Waals surface area contributed by atoms with Gasteiger partial charge in [-0.15, -0.1) is 0 Å². The summed E-state index contributed by atoms with van der Waals surface area (Å²) in [5, 5.41) is 0. The van der Waals surface area contributed by atoms with Gasteiger partial charge in [-0.25, -0.2) is 0 Å². The molecule has 3 atom stereocenters. The first-order valence-corrected chi connectivity index (χ1v) is 9.52. The van der Waals surface area contributed by atoms with E-state index in [0.29, 0.717) is 17.6 Å². The molecule has 0 spiro atoms. The molecule has 0 saturated heterocycles. The van der Waals surface area contributed by atoms with Crippen molar-refractivity contribution in [2.75, 3.05) is 6.61 Å². The molecule has 4 bridgehead atoms. The van der Waals surface area contributed by atoms with Crippen molar-refractivity contribution in [1.29, 1.82) is 0 Å². The zero-order chi connectivity index (χ0) is 14.4. The summed E-state index contributed by atoms with van der Waals surface area (Å²) in [7, 11) is 0. The number of hydrogen-bond acceptors (Lipinski definition) is 2. The summed E-state index contributed by atoms with van der Waals surface area (Å²) in [6.07, 6.45) is 14.6. The smallest absolute Gasteiger partial charge is 0.0626 e. The average molecular weight is 291 g/mol. The molecule has 5 aliphatic rings. The highest BCUT2D eigenvalue weighted by atomic mass is 16.5. The third kappa shape index (κ3) is 2.67. The van der Waals surface area contributed by atoms with Gasteiger partial charge in [0.1, 0.15) is 0 Å². The fraction of sp³-hybridized carbons (Fsp3) is 1.00. The standard InChI is InChI=1S/C19H33NO/c1-13-4-2-3-5-17(13)21-12-18(20)19-9-14-6-15(10-19)8-16(7-14)11-19/h13-18H,2-12,20H2,1H3. The third-order valence-electron chi connectivity index (χ3n) is 7.39. The molecule has 2 N–H and O–H groups in total. The molecule has 21 heavy (non-hydrogen) atoms. The van der Waals surface area contributed by atoms with E-state index >= 15 is 0 Å². The second kappa shape index (κ2) is 5.53. The van der Waals surface area contributed by atoms with Gasteiger partial charge in [-0.05, 0) is 80.5 Å². The van der Waals surface area contributed by atoms with Crippen LogP contribution in [0.1, 0.15) is 71.1 Å². The predicted octanol–water partition coefficient (Wildman–Crippen LogP) is 4.13. The summed E-state index contributed by atoms with van der Waals surface area (Å²) >= 11 is 0. The van der Waals surface area contributed by atoms with Gasteiger partial charge in [-0.3, -0.25) is 0 Å². The molecule has 5 fully saturated rings. The van der Waals surface area contributed by atoms with Crippen LogP contribution in [-0.4, -0.2) is 18.8 Å². The van der Waals surface area contributed by atoms with Crippen LogP contribution in [0, 0.1) is 29.1 Å². The zero-order valence-corrected chi connectivity index (χ0v) is 13.7. The Labute approximate surface area is 130 Å². The Morgan fingerprint density at radius 3 is 2.14 bits per heavy atom. The highest BCUT2D eigenvalue weighted by Crippen LogP contribution is 2.61. The van der Waals surface area contributed by atoms with Crippen molar-refractivity contribution in [1.82, 2.24) is 0 Å². The predicted molar refractivity (Wildman–Crippen MR) is 86.0 cm³/mol. The fourth-order valence-electron chi connectivity index (χ4n) is 6.57. The molecule has 0 aromatic heterocycles. The summed E-state index contributed by atoms with van der Waals surface area (Å²) in [4.78, 5) is 0. The molecular formula is C19H33NO.